The van der Waals surface area contributed by atoms with E-state index in [9.17, 15) is 18.0 Å². The van der Waals surface area contributed by atoms with Crippen LogP contribution in [0.15, 0.2) is 36.4 Å². The average Bonchev–Trinajstić information content (AvgIpc) is 3.04. The molecular formula is C21H23F3N2O2. The van der Waals surface area contributed by atoms with Crippen molar-refractivity contribution in [2.45, 2.75) is 45.6 Å². The molecule has 2 aromatic carbocycles. The number of ether oxygens (including phenoxy) is 1. The topological polar surface area (TPSA) is 50.4 Å². The predicted molar refractivity (Wildman–Crippen MR) is 99.9 cm³/mol. The Morgan fingerprint density at radius 2 is 1.75 bits per heavy atom. The van der Waals surface area contributed by atoms with E-state index in [0.717, 1.165) is 41.0 Å². The highest BCUT2D eigenvalue weighted by Crippen LogP contribution is 2.30. The molecule has 1 heterocycles. The van der Waals surface area contributed by atoms with Crippen LogP contribution in [-0.2, 0) is 24.1 Å². The van der Waals surface area contributed by atoms with Crippen LogP contribution in [0.3, 0.4) is 0 Å². The fraction of sp³-hybridized carbons (Fsp3) is 0.381. The minimum atomic E-state index is -4.34. The van der Waals surface area contributed by atoms with Gasteiger partial charge < -0.3 is 15.4 Å². The Morgan fingerprint density at radius 3 is 2.29 bits per heavy atom. The molecule has 4 nitrogen and oxygen atoms in total. The molecular weight excluding hydrogens is 369 g/mol. The molecule has 7 heteroatoms. The molecule has 0 spiro atoms. The third-order valence-electron chi connectivity index (χ3n) is 4.79. The van der Waals surface area contributed by atoms with Crippen molar-refractivity contribution in [3.8, 4) is 5.75 Å². The van der Waals surface area contributed by atoms with Crippen LogP contribution in [0.5, 0.6) is 5.75 Å². The summed E-state index contributed by atoms with van der Waals surface area (Å²) in [5, 5.41) is 6.05. The maximum absolute atomic E-state index is 12.6. The fourth-order valence-electron chi connectivity index (χ4n) is 3.34. The first kappa shape index (κ1) is 20.2. The van der Waals surface area contributed by atoms with Gasteiger partial charge in [0.2, 0.25) is 5.91 Å². The van der Waals surface area contributed by atoms with Crippen LogP contribution in [0.2, 0.25) is 0 Å². The monoisotopic (exact) mass is 392 g/mol. The number of carbonyl (C=O) groups is 1. The van der Waals surface area contributed by atoms with E-state index in [1.165, 1.54) is 12.1 Å². The lowest BCUT2D eigenvalue weighted by Crippen LogP contribution is -2.35. The summed E-state index contributed by atoms with van der Waals surface area (Å²) in [7, 11) is 0. The van der Waals surface area contributed by atoms with Gasteiger partial charge in [0.1, 0.15) is 12.4 Å². The second-order valence-corrected chi connectivity index (χ2v) is 7.06. The molecule has 1 aliphatic heterocycles. The summed E-state index contributed by atoms with van der Waals surface area (Å²) < 4.78 is 43.8. The molecule has 2 aromatic rings. The van der Waals surface area contributed by atoms with Gasteiger partial charge in [-0.3, -0.25) is 4.79 Å². The van der Waals surface area contributed by atoms with Crippen molar-refractivity contribution in [2.75, 3.05) is 6.54 Å². The van der Waals surface area contributed by atoms with Gasteiger partial charge in [-0.25, -0.2) is 0 Å². The Balaban J connectivity index is 1.62. The SMILES string of the molecule is Cc1cc(CNC2CCNC2=O)cc(C)c1OCc1ccc(C(F)(F)F)cc1. The van der Waals surface area contributed by atoms with Crippen LogP contribution in [0.25, 0.3) is 0 Å². The highest BCUT2D eigenvalue weighted by atomic mass is 19.4. The second-order valence-electron chi connectivity index (χ2n) is 7.06. The maximum Gasteiger partial charge on any atom is 0.416 e. The number of rotatable bonds is 6. The number of halogens is 3. The first-order valence-corrected chi connectivity index (χ1v) is 9.14. The highest BCUT2D eigenvalue weighted by Gasteiger charge is 2.30. The van der Waals surface area contributed by atoms with Gasteiger partial charge in [0.05, 0.1) is 11.6 Å². The van der Waals surface area contributed by atoms with Gasteiger partial charge in [0.25, 0.3) is 0 Å². The van der Waals surface area contributed by atoms with Gasteiger partial charge >= 0.3 is 6.18 Å². The van der Waals surface area contributed by atoms with Crippen LogP contribution < -0.4 is 15.4 Å². The van der Waals surface area contributed by atoms with Crippen LogP contribution in [0, 0.1) is 13.8 Å². The minimum absolute atomic E-state index is 0.0324. The molecule has 1 saturated heterocycles. The van der Waals surface area contributed by atoms with Crippen LogP contribution in [-0.4, -0.2) is 18.5 Å². The molecule has 0 radical (unpaired) electrons. The van der Waals surface area contributed by atoms with E-state index >= 15 is 0 Å². The number of benzene rings is 2. The molecule has 1 fully saturated rings. The summed E-state index contributed by atoms with van der Waals surface area (Å²) in [5.74, 6) is 0.757. The predicted octanol–water partition coefficient (Wildman–Crippen LogP) is 3.88. The normalized spacial score (nSPS) is 16.9. The number of carbonyl (C=O) groups excluding carboxylic acids is 1. The van der Waals surface area contributed by atoms with Crippen molar-refractivity contribution < 1.29 is 22.7 Å². The molecule has 0 aliphatic carbocycles. The number of hydrogen-bond donors (Lipinski definition) is 2. The quantitative estimate of drug-likeness (QED) is 0.785. The number of amides is 1. The Kier molecular flexibility index (Phi) is 5.93. The van der Waals surface area contributed by atoms with E-state index in [1.54, 1.807) is 0 Å². The molecule has 3 rings (SSSR count). The number of aryl methyl sites for hydroxylation is 2. The van der Waals surface area contributed by atoms with E-state index in [1.807, 2.05) is 26.0 Å². The third-order valence-corrected chi connectivity index (χ3v) is 4.79. The van der Waals surface area contributed by atoms with Crippen LogP contribution >= 0.6 is 0 Å². The molecule has 0 aromatic heterocycles. The van der Waals surface area contributed by atoms with E-state index in [2.05, 4.69) is 10.6 Å². The summed E-state index contributed by atoms with van der Waals surface area (Å²) in [4.78, 5) is 11.6. The third kappa shape index (κ3) is 4.84. The van der Waals surface area contributed by atoms with E-state index < -0.39 is 11.7 Å². The number of hydrogen-bond acceptors (Lipinski definition) is 3. The molecule has 150 valence electrons. The Morgan fingerprint density at radius 1 is 1.11 bits per heavy atom. The zero-order valence-electron chi connectivity index (χ0n) is 15.8. The molecule has 28 heavy (non-hydrogen) atoms. The standard InChI is InChI=1S/C21H23F3N2O2/c1-13-9-16(11-26-18-7-8-25-20(18)27)10-14(2)19(13)28-12-15-3-5-17(6-4-15)21(22,23)24/h3-6,9-10,18,26H,7-8,11-12H2,1-2H3,(H,25,27). The molecule has 2 N–H and O–H groups in total. The lowest BCUT2D eigenvalue weighted by Gasteiger charge is -2.16. The van der Waals surface area contributed by atoms with Gasteiger partial charge in [-0.05, 0) is 54.7 Å². The molecule has 1 atom stereocenters. The van der Waals surface area contributed by atoms with Gasteiger partial charge in [-0.15, -0.1) is 0 Å². The molecule has 1 aliphatic rings. The van der Waals surface area contributed by atoms with E-state index in [4.69, 9.17) is 4.74 Å². The van der Waals surface area contributed by atoms with Gasteiger partial charge in [0, 0.05) is 13.1 Å². The first-order chi connectivity index (χ1) is 13.2. The number of alkyl halides is 3. The second kappa shape index (κ2) is 8.22. The zero-order chi connectivity index (χ0) is 20.3. The van der Waals surface area contributed by atoms with Gasteiger partial charge in [-0.1, -0.05) is 24.3 Å². The smallest absolute Gasteiger partial charge is 0.416 e. The summed E-state index contributed by atoms with van der Waals surface area (Å²) in [5.41, 5.74) is 2.94. The molecule has 1 unspecified atom stereocenters. The minimum Gasteiger partial charge on any atom is -0.488 e. The van der Waals surface area contributed by atoms with Crippen molar-refractivity contribution in [1.82, 2.24) is 10.6 Å². The van der Waals surface area contributed by atoms with Crippen molar-refractivity contribution in [3.63, 3.8) is 0 Å². The first-order valence-electron chi connectivity index (χ1n) is 9.14. The van der Waals surface area contributed by atoms with Crippen LogP contribution in [0.4, 0.5) is 13.2 Å². The molecule has 0 bridgehead atoms. The van der Waals surface area contributed by atoms with Gasteiger partial charge in [-0.2, -0.15) is 13.2 Å². The Hall–Kier alpha value is -2.54. The summed E-state index contributed by atoms with van der Waals surface area (Å²) in [6.45, 7) is 5.34. The maximum atomic E-state index is 12.6. The average molecular weight is 392 g/mol. The summed E-state index contributed by atoms with van der Waals surface area (Å²) >= 11 is 0. The highest BCUT2D eigenvalue weighted by molar-refractivity contribution is 5.83. The van der Waals surface area contributed by atoms with Crippen LogP contribution in [0.1, 0.15) is 34.2 Å². The molecule has 0 saturated carbocycles. The van der Waals surface area contributed by atoms with Crippen molar-refractivity contribution in [3.05, 3.63) is 64.2 Å². The lowest BCUT2D eigenvalue weighted by atomic mass is 10.0. The summed E-state index contributed by atoms with van der Waals surface area (Å²) in [6, 6.07) is 8.82. The van der Waals surface area contributed by atoms with Crippen molar-refractivity contribution >= 4 is 5.91 Å². The van der Waals surface area contributed by atoms with E-state index in [-0.39, 0.29) is 18.6 Å². The Bertz CT molecular complexity index is 825. The fourth-order valence-corrected chi connectivity index (χ4v) is 3.34. The largest absolute Gasteiger partial charge is 0.488 e. The number of nitrogens with one attached hydrogen (secondary N) is 2. The zero-order valence-corrected chi connectivity index (χ0v) is 15.8. The lowest BCUT2D eigenvalue weighted by molar-refractivity contribution is -0.137. The Labute approximate surface area is 162 Å². The molecule has 1 amide bonds. The van der Waals surface area contributed by atoms with Crippen molar-refractivity contribution in [2.24, 2.45) is 0 Å². The van der Waals surface area contributed by atoms with Crippen molar-refractivity contribution in [1.29, 1.82) is 0 Å². The van der Waals surface area contributed by atoms with E-state index in [0.29, 0.717) is 18.7 Å². The van der Waals surface area contributed by atoms with Gasteiger partial charge in [0.15, 0.2) is 0 Å². The summed E-state index contributed by atoms with van der Waals surface area (Å²) in [6.07, 6.45) is -3.55.